The number of nitrogens with one attached hydrogen (secondary N) is 1. The van der Waals surface area contributed by atoms with Crippen molar-refractivity contribution in [2.45, 2.75) is 77.2 Å². The molecule has 1 aliphatic heterocycles. The third-order valence-electron chi connectivity index (χ3n) is 6.49. The van der Waals surface area contributed by atoms with Crippen LogP contribution in [-0.2, 0) is 22.7 Å². The maximum absolute atomic E-state index is 13.3. The first-order chi connectivity index (χ1) is 14.9. The van der Waals surface area contributed by atoms with Crippen molar-refractivity contribution < 1.29 is 9.59 Å². The second kappa shape index (κ2) is 7.55. The van der Waals surface area contributed by atoms with E-state index in [1.54, 1.807) is 4.57 Å². The Morgan fingerprint density at radius 1 is 1.03 bits per heavy atom. The van der Waals surface area contributed by atoms with Crippen LogP contribution < -0.4 is 11.0 Å². The lowest BCUT2D eigenvalue weighted by Gasteiger charge is -2.39. The second-order valence-electron chi connectivity index (χ2n) is 8.92. The summed E-state index contributed by atoms with van der Waals surface area (Å²) in [4.78, 5) is 40.5. The van der Waals surface area contributed by atoms with Crippen LogP contribution in [0, 0.1) is 0 Å². The summed E-state index contributed by atoms with van der Waals surface area (Å²) < 4.78 is 4.48. The van der Waals surface area contributed by atoms with Crippen molar-refractivity contribution >= 4 is 28.6 Å². The Balaban J connectivity index is 1.53. The van der Waals surface area contributed by atoms with E-state index in [0.29, 0.717) is 11.3 Å². The second-order valence-corrected chi connectivity index (χ2v) is 8.92. The molecule has 3 heterocycles. The average Bonchev–Trinajstić information content (AvgIpc) is 3.42. The molecular formula is C22H28N6O3. The van der Waals surface area contributed by atoms with Crippen LogP contribution in [0.3, 0.4) is 0 Å². The lowest BCUT2D eigenvalue weighted by molar-refractivity contribution is -0.137. The van der Waals surface area contributed by atoms with Crippen LogP contribution in [0.25, 0.3) is 16.8 Å². The molecule has 2 aromatic heterocycles. The lowest BCUT2D eigenvalue weighted by atomic mass is 9.97. The molecule has 3 aromatic rings. The SMILES string of the molecule is C[C@@H]1CCC[C@H](C)N1C(=O)Cn1c2ccccc2n2c(=O)n(CC(=O)NC3CC3)nc12. The van der Waals surface area contributed by atoms with Gasteiger partial charge in [-0.2, -0.15) is 0 Å². The van der Waals surface area contributed by atoms with Crippen LogP contribution in [0.15, 0.2) is 29.1 Å². The number of aromatic nitrogens is 4. The summed E-state index contributed by atoms with van der Waals surface area (Å²) in [6.45, 7) is 4.17. The minimum Gasteiger partial charge on any atom is -0.352 e. The maximum Gasteiger partial charge on any atom is 0.352 e. The highest BCUT2D eigenvalue weighted by Gasteiger charge is 2.30. The van der Waals surface area contributed by atoms with Gasteiger partial charge in [0.15, 0.2) is 0 Å². The summed E-state index contributed by atoms with van der Waals surface area (Å²) in [5.41, 5.74) is 1.09. The van der Waals surface area contributed by atoms with Crippen LogP contribution >= 0.6 is 0 Å². The highest BCUT2D eigenvalue weighted by Crippen LogP contribution is 2.24. The number of imidazole rings is 1. The molecule has 164 valence electrons. The summed E-state index contributed by atoms with van der Waals surface area (Å²) in [5, 5.41) is 7.34. The van der Waals surface area contributed by atoms with Gasteiger partial charge in [-0.1, -0.05) is 12.1 Å². The number of rotatable bonds is 5. The number of para-hydroxylation sites is 2. The Kier molecular flexibility index (Phi) is 4.83. The monoisotopic (exact) mass is 424 g/mol. The quantitative estimate of drug-likeness (QED) is 0.672. The van der Waals surface area contributed by atoms with Crippen LogP contribution in [0.2, 0.25) is 0 Å². The number of carbonyl (C=O) groups is 2. The van der Waals surface area contributed by atoms with Crippen molar-refractivity contribution in [3.63, 3.8) is 0 Å². The number of fused-ring (bicyclic) bond motifs is 3. The number of carbonyl (C=O) groups excluding carboxylic acids is 2. The number of hydrogen-bond donors (Lipinski definition) is 1. The fraction of sp³-hybridized carbons (Fsp3) is 0.545. The van der Waals surface area contributed by atoms with E-state index < -0.39 is 0 Å². The molecule has 31 heavy (non-hydrogen) atoms. The third-order valence-corrected chi connectivity index (χ3v) is 6.49. The Morgan fingerprint density at radius 3 is 2.39 bits per heavy atom. The van der Waals surface area contributed by atoms with E-state index in [0.717, 1.165) is 37.6 Å². The Bertz CT molecular complexity index is 1210. The van der Waals surface area contributed by atoms with E-state index in [1.807, 2.05) is 29.2 Å². The number of piperidine rings is 1. The average molecular weight is 425 g/mol. The van der Waals surface area contributed by atoms with Crippen molar-refractivity contribution in [2.24, 2.45) is 0 Å². The van der Waals surface area contributed by atoms with Gasteiger partial charge >= 0.3 is 5.69 Å². The minimum absolute atomic E-state index is 0.0245. The van der Waals surface area contributed by atoms with Gasteiger partial charge in [-0.25, -0.2) is 13.9 Å². The standard InChI is InChI=1S/C22H28N6O3/c1-14-6-5-7-15(2)27(14)20(30)13-25-17-8-3-4-9-18(17)28-21(25)24-26(22(28)31)12-19(29)23-16-10-11-16/h3-4,8-9,14-16H,5-7,10-13H2,1-2H3,(H,23,29)/t14-,15+. The largest absolute Gasteiger partial charge is 0.352 e. The van der Waals surface area contributed by atoms with Gasteiger partial charge in [0.05, 0.1) is 11.0 Å². The van der Waals surface area contributed by atoms with E-state index in [4.69, 9.17) is 0 Å². The maximum atomic E-state index is 13.3. The molecule has 2 amide bonds. The van der Waals surface area contributed by atoms with Crippen molar-refractivity contribution in [3.8, 4) is 0 Å². The van der Waals surface area contributed by atoms with Gasteiger partial charge in [-0.15, -0.1) is 5.10 Å². The van der Waals surface area contributed by atoms with Crippen molar-refractivity contribution in [1.29, 1.82) is 0 Å². The van der Waals surface area contributed by atoms with Gasteiger partial charge in [-0.05, 0) is 58.1 Å². The van der Waals surface area contributed by atoms with Gasteiger partial charge in [0.25, 0.3) is 0 Å². The number of likely N-dealkylation sites (tertiary alicyclic amines) is 1. The summed E-state index contributed by atoms with van der Waals surface area (Å²) in [7, 11) is 0. The number of benzene rings is 1. The van der Waals surface area contributed by atoms with Gasteiger partial charge in [0, 0.05) is 18.1 Å². The predicted molar refractivity (Wildman–Crippen MR) is 116 cm³/mol. The van der Waals surface area contributed by atoms with Crippen LogP contribution in [0.5, 0.6) is 0 Å². The molecule has 2 aliphatic rings. The predicted octanol–water partition coefficient (Wildman–Crippen LogP) is 1.52. The summed E-state index contributed by atoms with van der Waals surface area (Å²) in [5.74, 6) is 0.195. The molecule has 1 saturated heterocycles. The van der Waals surface area contributed by atoms with E-state index in [9.17, 15) is 14.4 Å². The fourth-order valence-corrected chi connectivity index (χ4v) is 4.80. The molecule has 1 saturated carbocycles. The number of hydrogen-bond acceptors (Lipinski definition) is 4. The number of amides is 2. The summed E-state index contributed by atoms with van der Waals surface area (Å²) in [6, 6.07) is 8.08. The molecular weight excluding hydrogens is 396 g/mol. The zero-order valence-corrected chi connectivity index (χ0v) is 18.0. The Hall–Kier alpha value is -3.10. The van der Waals surface area contributed by atoms with Crippen molar-refractivity contribution in [3.05, 3.63) is 34.7 Å². The topological polar surface area (TPSA) is 93.6 Å². The molecule has 0 unspecified atom stereocenters. The summed E-state index contributed by atoms with van der Waals surface area (Å²) in [6.07, 6.45) is 5.10. The first kappa shape index (κ1) is 19.8. The van der Waals surface area contributed by atoms with Crippen LogP contribution in [0.4, 0.5) is 0 Å². The molecule has 1 aromatic carbocycles. The zero-order chi connectivity index (χ0) is 21.7. The van der Waals surface area contributed by atoms with E-state index in [1.165, 1.54) is 9.08 Å². The van der Waals surface area contributed by atoms with E-state index in [-0.39, 0.29) is 48.7 Å². The van der Waals surface area contributed by atoms with E-state index >= 15 is 0 Å². The zero-order valence-electron chi connectivity index (χ0n) is 18.0. The first-order valence-electron chi connectivity index (χ1n) is 11.1. The lowest BCUT2D eigenvalue weighted by Crippen LogP contribution is -2.48. The van der Waals surface area contributed by atoms with Crippen molar-refractivity contribution in [1.82, 2.24) is 29.0 Å². The third kappa shape index (κ3) is 3.51. The molecule has 0 radical (unpaired) electrons. The smallest absolute Gasteiger partial charge is 0.352 e. The highest BCUT2D eigenvalue weighted by molar-refractivity contribution is 5.85. The molecule has 2 atom stereocenters. The van der Waals surface area contributed by atoms with Gasteiger partial charge in [0.2, 0.25) is 17.6 Å². The van der Waals surface area contributed by atoms with Crippen molar-refractivity contribution in [2.75, 3.05) is 0 Å². The van der Waals surface area contributed by atoms with E-state index in [2.05, 4.69) is 24.3 Å². The van der Waals surface area contributed by atoms with Crippen LogP contribution in [0.1, 0.15) is 46.0 Å². The minimum atomic E-state index is -0.372. The molecule has 5 rings (SSSR count). The first-order valence-corrected chi connectivity index (χ1v) is 11.1. The number of nitrogens with zero attached hydrogens (tertiary/aromatic N) is 5. The molecule has 0 spiro atoms. The molecule has 1 aliphatic carbocycles. The van der Waals surface area contributed by atoms with Gasteiger partial charge in [-0.3, -0.25) is 14.2 Å². The summed E-state index contributed by atoms with van der Waals surface area (Å²) >= 11 is 0. The Labute approximate surface area is 179 Å². The molecule has 9 nitrogen and oxygen atoms in total. The molecule has 9 heteroatoms. The van der Waals surface area contributed by atoms with Crippen LogP contribution in [-0.4, -0.2) is 53.6 Å². The molecule has 0 bridgehead atoms. The van der Waals surface area contributed by atoms with Gasteiger partial charge in [0.1, 0.15) is 13.1 Å². The van der Waals surface area contributed by atoms with Gasteiger partial charge < -0.3 is 10.2 Å². The Morgan fingerprint density at radius 2 is 1.71 bits per heavy atom. The molecule has 1 N–H and O–H groups in total. The molecule has 2 fully saturated rings. The fourth-order valence-electron chi connectivity index (χ4n) is 4.80. The highest BCUT2D eigenvalue weighted by atomic mass is 16.2. The normalized spacial score (nSPS) is 21.7.